The highest BCUT2D eigenvalue weighted by atomic mass is 15.1. The van der Waals surface area contributed by atoms with E-state index in [1.165, 1.54) is 82.5 Å². The summed E-state index contributed by atoms with van der Waals surface area (Å²) in [7, 11) is 0. The first-order valence-electron chi connectivity index (χ1n) is 21.7. The van der Waals surface area contributed by atoms with Crippen LogP contribution < -0.4 is 9.80 Å². The average Bonchev–Trinajstić information content (AvgIpc) is 3.31. The van der Waals surface area contributed by atoms with Crippen LogP contribution in [0.25, 0.3) is 60.6 Å². The van der Waals surface area contributed by atoms with Crippen LogP contribution >= 0.6 is 0 Å². The van der Waals surface area contributed by atoms with Gasteiger partial charge in [-0.05, 0) is 165 Å². The number of anilines is 6. The summed E-state index contributed by atoms with van der Waals surface area (Å²) in [6.45, 7) is 4.43. The number of aryl methyl sites for hydroxylation is 3. The predicted octanol–water partition coefficient (Wildman–Crippen LogP) is 17.0. The van der Waals surface area contributed by atoms with Crippen molar-refractivity contribution in [3.63, 3.8) is 0 Å². The van der Waals surface area contributed by atoms with Crippen molar-refractivity contribution in [3.05, 3.63) is 235 Å². The Morgan fingerprint density at radius 2 is 0.855 bits per heavy atom. The molecule has 2 heteroatoms. The minimum absolute atomic E-state index is 1.05. The van der Waals surface area contributed by atoms with Gasteiger partial charge in [0.2, 0.25) is 0 Å². The fourth-order valence-electron chi connectivity index (χ4n) is 9.75. The highest BCUT2D eigenvalue weighted by molar-refractivity contribution is 6.22. The summed E-state index contributed by atoms with van der Waals surface area (Å²) in [6.07, 6.45) is 6.67. The largest absolute Gasteiger partial charge is 0.310 e. The molecule has 10 aromatic rings. The summed E-state index contributed by atoms with van der Waals surface area (Å²) < 4.78 is 0. The molecule has 10 aromatic carbocycles. The molecule has 0 bridgehead atoms. The standard InChI is InChI=1S/C60H46N2/c1-41-34-42(2)36-48(35-41)60-56-33-31-53(61(49-22-8-4-9-23-49)51-28-26-43-16-12-14-20-46(43)37-51)39-57(56)59(45-18-6-3-7-19-45)55-32-30-54(40-58(55)60)62(50-24-10-5-11-25-50)52-29-27-44-17-13-15-21-47(44)38-52/h3-13,15-19,21-40H,14,20H2,1-2H3. The molecular weight excluding hydrogens is 749 g/mol. The molecule has 0 saturated carbocycles. The molecule has 0 radical (unpaired) electrons. The number of benzene rings is 10. The van der Waals surface area contributed by atoms with Gasteiger partial charge in [-0.3, -0.25) is 0 Å². The monoisotopic (exact) mass is 794 g/mol. The molecule has 0 saturated heterocycles. The lowest BCUT2D eigenvalue weighted by Gasteiger charge is -2.29. The van der Waals surface area contributed by atoms with Crippen LogP contribution in [0, 0.1) is 13.8 Å². The molecule has 0 heterocycles. The number of rotatable bonds is 8. The van der Waals surface area contributed by atoms with Crippen molar-refractivity contribution in [1.82, 2.24) is 0 Å². The van der Waals surface area contributed by atoms with Crippen LogP contribution in [-0.2, 0) is 6.42 Å². The Bertz CT molecular complexity index is 3290. The van der Waals surface area contributed by atoms with E-state index in [0.29, 0.717) is 0 Å². The zero-order valence-electron chi connectivity index (χ0n) is 35.1. The van der Waals surface area contributed by atoms with Crippen LogP contribution in [0.4, 0.5) is 34.1 Å². The molecule has 1 aliphatic carbocycles. The number of hydrogen-bond acceptors (Lipinski definition) is 2. The lowest BCUT2D eigenvalue weighted by Crippen LogP contribution is -2.11. The number of nitrogens with zero attached hydrogens (tertiary/aromatic N) is 2. The van der Waals surface area contributed by atoms with Gasteiger partial charge >= 0.3 is 0 Å². The average molecular weight is 795 g/mol. The number of fused-ring (bicyclic) bond motifs is 4. The van der Waals surface area contributed by atoms with Crippen molar-refractivity contribution in [3.8, 4) is 22.3 Å². The van der Waals surface area contributed by atoms with Crippen LogP contribution in [0.1, 0.15) is 28.7 Å². The molecule has 2 nitrogen and oxygen atoms in total. The van der Waals surface area contributed by atoms with E-state index in [-0.39, 0.29) is 0 Å². The highest BCUT2D eigenvalue weighted by Gasteiger charge is 2.23. The first kappa shape index (κ1) is 37.3. The molecule has 11 rings (SSSR count). The fraction of sp³-hybridized carbons (Fsp3) is 0.0667. The van der Waals surface area contributed by atoms with Crippen molar-refractivity contribution in [2.24, 2.45) is 0 Å². The maximum Gasteiger partial charge on any atom is 0.0468 e. The Hall–Kier alpha value is -7.68. The number of allylic oxidation sites excluding steroid dienone is 1. The molecule has 0 spiro atoms. The van der Waals surface area contributed by atoms with Crippen LogP contribution in [0.3, 0.4) is 0 Å². The summed E-state index contributed by atoms with van der Waals surface area (Å²) in [4.78, 5) is 4.83. The van der Waals surface area contributed by atoms with Gasteiger partial charge in [0.1, 0.15) is 0 Å². The van der Waals surface area contributed by atoms with Gasteiger partial charge in [0.15, 0.2) is 0 Å². The third kappa shape index (κ3) is 6.80. The molecule has 0 aliphatic heterocycles. The fourth-order valence-corrected chi connectivity index (χ4v) is 9.75. The lowest BCUT2D eigenvalue weighted by atomic mass is 9.84. The molecule has 0 amide bonds. The second kappa shape index (κ2) is 15.7. The smallest absolute Gasteiger partial charge is 0.0468 e. The molecule has 0 N–H and O–H groups in total. The first-order valence-corrected chi connectivity index (χ1v) is 21.7. The molecular formula is C60H46N2. The van der Waals surface area contributed by atoms with Crippen LogP contribution in [0.5, 0.6) is 0 Å². The quantitative estimate of drug-likeness (QED) is 0.141. The SMILES string of the molecule is Cc1cc(C)cc(-c2c3ccc(N(c4ccccc4)c4ccc5c(c4)CCC=C5)cc3c(-c3ccccc3)c3ccc(N(c4ccccc4)c4ccc5ccccc5c4)cc23)c1. The Kier molecular flexibility index (Phi) is 9.47. The predicted molar refractivity (Wildman–Crippen MR) is 266 cm³/mol. The zero-order chi connectivity index (χ0) is 41.6. The summed E-state index contributed by atoms with van der Waals surface area (Å²) in [5, 5.41) is 7.33. The molecule has 1 aliphatic rings. The molecule has 0 unspecified atom stereocenters. The van der Waals surface area contributed by atoms with Crippen molar-refractivity contribution < 1.29 is 0 Å². The van der Waals surface area contributed by atoms with Crippen LogP contribution in [0.2, 0.25) is 0 Å². The first-order chi connectivity index (χ1) is 30.6. The van der Waals surface area contributed by atoms with Crippen LogP contribution in [-0.4, -0.2) is 0 Å². The maximum absolute atomic E-state index is 2.44. The third-order valence-corrected chi connectivity index (χ3v) is 12.5. The van der Waals surface area contributed by atoms with Gasteiger partial charge < -0.3 is 9.80 Å². The van der Waals surface area contributed by atoms with Gasteiger partial charge in [0.25, 0.3) is 0 Å². The summed E-state index contributed by atoms with van der Waals surface area (Å²) in [6, 6.07) is 76.2. The van der Waals surface area contributed by atoms with Gasteiger partial charge in [0, 0.05) is 34.1 Å². The Morgan fingerprint density at radius 3 is 1.48 bits per heavy atom. The summed E-state index contributed by atoms with van der Waals surface area (Å²) in [5.74, 6) is 0. The molecule has 296 valence electrons. The van der Waals surface area contributed by atoms with Crippen molar-refractivity contribution in [1.29, 1.82) is 0 Å². The minimum Gasteiger partial charge on any atom is -0.310 e. The Labute approximate surface area is 364 Å². The van der Waals surface area contributed by atoms with E-state index in [1.54, 1.807) is 0 Å². The van der Waals surface area contributed by atoms with E-state index in [2.05, 4.69) is 242 Å². The van der Waals surface area contributed by atoms with E-state index in [9.17, 15) is 0 Å². The van der Waals surface area contributed by atoms with E-state index >= 15 is 0 Å². The van der Waals surface area contributed by atoms with Gasteiger partial charge in [0.05, 0.1) is 0 Å². The van der Waals surface area contributed by atoms with E-state index < -0.39 is 0 Å². The molecule has 0 aromatic heterocycles. The van der Waals surface area contributed by atoms with Gasteiger partial charge in [-0.1, -0.05) is 157 Å². The van der Waals surface area contributed by atoms with Crippen molar-refractivity contribution >= 4 is 72.5 Å². The zero-order valence-corrected chi connectivity index (χ0v) is 35.1. The topological polar surface area (TPSA) is 6.48 Å². The normalized spacial score (nSPS) is 12.2. The van der Waals surface area contributed by atoms with E-state index in [4.69, 9.17) is 0 Å². The van der Waals surface area contributed by atoms with Gasteiger partial charge in [-0.25, -0.2) is 0 Å². The van der Waals surface area contributed by atoms with E-state index in [0.717, 1.165) is 41.3 Å². The summed E-state index contributed by atoms with van der Waals surface area (Å²) in [5.41, 5.74) is 16.9. The van der Waals surface area contributed by atoms with Gasteiger partial charge in [-0.2, -0.15) is 0 Å². The second-order valence-corrected chi connectivity index (χ2v) is 16.6. The maximum atomic E-state index is 2.44. The minimum atomic E-state index is 1.05. The van der Waals surface area contributed by atoms with Crippen LogP contribution in [0.15, 0.2) is 212 Å². The highest BCUT2D eigenvalue weighted by Crippen LogP contribution is 2.49. The van der Waals surface area contributed by atoms with Crippen molar-refractivity contribution in [2.75, 3.05) is 9.80 Å². The van der Waals surface area contributed by atoms with E-state index in [1.807, 2.05) is 0 Å². The lowest BCUT2D eigenvalue weighted by molar-refractivity contribution is 0.984. The molecule has 0 atom stereocenters. The summed E-state index contributed by atoms with van der Waals surface area (Å²) >= 11 is 0. The Balaban J connectivity index is 1.21. The number of para-hydroxylation sites is 2. The molecule has 62 heavy (non-hydrogen) atoms. The second-order valence-electron chi connectivity index (χ2n) is 16.6. The number of hydrogen-bond donors (Lipinski definition) is 0. The third-order valence-electron chi connectivity index (χ3n) is 12.5. The Morgan fingerprint density at radius 1 is 0.355 bits per heavy atom. The molecule has 0 fully saturated rings. The van der Waals surface area contributed by atoms with Gasteiger partial charge in [-0.15, -0.1) is 0 Å². The van der Waals surface area contributed by atoms with Crippen molar-refractivity contribution in [2.45, 2.75) is 26.7 Å².